The van der Waals surface area contributed by atoms with Crippen molar-refractivity contribution in [1.29, 1.82) is 0 Å². The summed E-state index contributed by atoms with van der Waals surface area (Å²) in [5.74, 6) is 0. The van der Waals surface area contributed by atoms with Gasteiger partial charge in [0.05, 0.1) is 17.6 Å². The first-order valence-corrected chi connectivity index (χ1v) is 7.30. The SMILES string of the molecule is Cc1sc2[nH]c(=S)n(Cc3cccnn3)c(=O)c2c1C. The molecule has 0 aromatic carbocycles. The van der Waals surface area contributed by atoms with E-state index in [0.29, 0.717) is 22.4 Å². The minimum atomic E-state index is -0.0729. The van der Waals surface area contributed by atoms with Crippen molar-refractivity contribution in [3.05, 3.63) is 49.6 Å². The van der Waals surface area contributed by atoms with Gasteiger partial charge in [-0.2, -0.15) is 10.2 Å². The molecule has 3 rings (SSSR count). The quantitative estimate of drug-likeness (QED) is 0.739. The van der Waals surface area contributed by atoms with E-state index in [4.69, 9.17) is 12.2 Å². The molecule has 0 aliphatic rings. The minimum absolute atomic E-state index is 0.0729. The van der Waals surface area contributed by atoms with Crippen molar-refractivity contribution in [2.45, 2.75) is 20.4 Å². The third kappa shape index (κ3) is 2.08. The Labute approximate surface area is 123 Å². The lowest BCUT2D eigenvalue weighted by Gasteiger charge is -2.05. The minimum Gasteiger partial charge on any atom is -0.323 e. The van der Waals surface area contributed by atoms with Crippen molar-refractivity contribution in [2.24, 2.45) is 0 Å². The molecule has 0 aliphatic heterocycles. The Morgan fingerprint density at radius 2 is 2.25 bits per heavy atom. The third-order valence-corrected chi connectivity index (χ3v) is 4.70. The van der Waals surface area contributed by atoms with E-state index in [1.54, 1.807) is 23.6 Å². The summed E-state index contributed by atoms with van der Waals surface area (Å²) in [6, 6.07) is 3.61. The lowest BCUT2D eigenvalue weighted by molar-refractivity contribution is 0.704. The molecule has 0 aliphatic carbocycles. The van der Waals surface area contributed by atoms with Gasteiger partial charge in [0.2, 0.25) is 0 Å². The maximum atomic E-state index is 12.6. The Balaban J connectivity index is 2.24. The van der Waals surface area contributed by atoms with Crippen molar-refractivity contribution in [1.82, 2.24) is 19.7 Å². The molecule has 0 radical (unpaired) electrons. The van der Waals surface area contributed by atoms with Crippen LogP contribution in [0.4, 0.5) is 0 Å². The lowest BCUT2D eigenvalue weighted by atomic mass is 10.2. The van der Waals surface area contributed by atoms with Crippen LogP contribution in [0, 0.1) is 18.6 Å². The van der Waals surface area contributed by atoms with Gasteiger partial charge in [0, 0.05) is 11.1 Å². The van der Waals surface area contributed by atoms with Gasteiger partial charge < -0.3 is 4.98 Å². The van der Waals surface area contributed by atoms with Gasteiger partial charge >= 0.3 is 0 Å². The monoisotopic (exact) mass is 304 g/mol. The maximum absolute atomic E-state index is 12.6. The first kappa shape index (κ1) is 13.1. The molecule has 0 amide bonds. The Morgan fingerprint density at radius 3 is 2.95 bits per heavy atom. The van der Waals surface area contributed by atoms with E-state index in [1.807, 2.05) is 19.9 Å². The van der Waals surface area contributed by atoms with Crippen LogP contribution >= 0.6 is 23.6 Å². The number of aromatic amines is 1. The van der Waals surface area contributed by atoms with Crippen LogP contribution in [0.3, 0.4) is 0 Å². The average molecular weight is 304 g/mol. The highest BCUT2D eigenvalue weighted by molar-refractivity contribution is 7.71. The highest BCUT2D eigenvalue weighted by Gasteiger charge is 2.13. The third-order valence-electron chi connectivity index (χ3n) is 3.26. The molecule has 0 fully saturated rings. The van der Waals surface area contributed by atoms with Gasteiger partial charge in [-0.15, -0.1) is 11.3 Å². The molecule has 1 N–H and O–H groups in total. The lowest BCUT2D eigenvalue weighted by Crippen LogP contribution is -2.23. The number of aromatic nitrogens is 4. The second-order valence-corrected chi connectivity index (χ2v) is 6.14. The summed E-state index contributed by atoms with van der Waals surface area (Å²) < 4.78 is 1.94. The highest BCUT2D eigenvalue weighted by atomic mass is 32.1. The highest BCUT2D eigenvalue weighted by Crippen LogP contribution is 2.25. The van der Waals surface area contributed by atoms with Gasteiger partial charge in [0.15, 0.2) is 4.77 Å². The molecule has 102 valence electrons. The topological polar surface area (TPSA) is 63.6 Å². The van der Waals surface area contributed by atoms with E-state index >= 15 is 0 Å². The van der Waals surface area contributed by atoms with Gasteiger partial charge in [0.25, 0.3) is 5.56 Å². The normalized spacial score (nSPS) is 11.1. The smallest absolute Gasteiger partial charge is 0.263 e. The zero-order valence-corrected chi connectivity index (χ0v) is 12.6. The zero-order valence-electron chi connectivity index (χ0n) is 11.0. The fraction of sp³-hybridized carbons (Fsp3) is 0.231. The molecule has 3 heterocycles. The van der Waals surface area contributed by atoms with Gasteiger partial charge in [-0.3, -0.25) is 9.36 Å². The largest absolute Gasteiger partial charge is 0.323 e. The van der Waals surface area contributed by atoms with E-state index in [9.17, 15) is 4.79 Å². The molecule has 0 bridgehead atoms. The van der Waals surface area contributed by atoms with Crippen molar-refractivity contribution < 1.29 is 0 Å². The number of aryl methyl sites for hydroxylation is 2. The Morgan fingerprint density at radius 1 is 1.45 bits per heavy atom. The summed E-state index contributed by atoms with van der Waals surface area (Å²) in [7, 11) is 0. The van der Waals surface area contributed by atoms with E-state index < -0.39 is 0 Å². The van der Waals surface area contributed by atoms with Gasteiger partial charge in [-0.1, -0.05) is 0 Å². The molecule has 0 spiro atoms. The van der Waals surface area contributed by atoms with E-state index in [2.05, 4.69) is 15.2 Å². The Hall–Kier alpha value is -1.86. The molecule has 7 heteroatoms. The summed E-state index contributed by atoms with van der Waals surface area (Å²) >= 11 is 6.84. The van der Waals surface area contributed by atoms with Crippen LogP contribution in [-0.2, 0) is 6.54 Å². The van der Waals surface area contributed by atoms with Crippen molar-refractivity contribution in [2.75, 3.05) is 0 Å². The van der Waals surface area contributed by atoms with E-state index in [-0.39, 0.29) is 5.56 Å². The molecule has 5 nitrogen and oxygen atoms in total. The standard InChI is InChI=1S/C13H12N4OS2/c1-7-8(2)20-11-10(7)12(18)17(13(19)15-11)6-9-4-3-5-14-16-9/h3-5H,6H2,1-2H3,(H,15,19). The summed E-state index contributed by atoms with van der Waals surface area (Å²) in [4.78, 5) is 17.7. The second kappa shape index (κ2) is 4.92. The fourth-order valence-corrected chi connectivity index (χ4v) is 3.45. The molecule has 3 aromatic rings. The number of thiophene rings is 1. The van der Waals surface area contributed by atoms with Crippen LogP contribution in [0.1, 0.15) is 16.1 Å². The number of hydrogen-bond acceptors (Lipinski definition) is 5. The number of nitrogens with one attached hydrogen (secondary N) is 1. The van der Waals surface area contributed by atoms with E-state index in [0.717, 1.165) is 15.3 Å². The van der Waals surface area contributed by atoms with Crippen LogP contribution in [0.15, 0.2) is 23.1 Å². The number of nitrogens with zero attached hydrogens (tertiary/aromatic N) is 3. The molecule has 0 atom stereocenters. The van der Waals surface area contributed by atoms with Crippen LogP contribution in [0.5, 0.6) is 0 Å². The van der Waals surface area contributed by atoms with Crippen molar-refractivity contribution in [3.8, 4) is 0 Å². The van der Waals surface area contributed by atoms with Crippen LogP contribution in [-0.4, -0.2) is 19.7 Å². The second-order valence-electron chi connectivity index (χ2n) is 4.52. The molecule has 0 saturated heterocycles. The number of H-pyrrole nitrogens is 1. The molecule has 3 aromatic heterocycles. The van der Waals surface area contributed by atoms with Crippen LogP contribution < -0.4 is 5.56 Å². The average Bonchev–Trinajstić information content (AvgIpc) is 2.71. The summed E-state index contributed by atoms with van der Waals surface area (Å²) in [5.41, 5.74) is 1.64. The maximum Gasteiger partial charge on any atom is 0.263 e. The van der Waals surface area contributed by atoms with Gasteiger partial charge in [-0.25, -0.2) is 0 Å². The molecular weight excluding hydrogens is 292 g/mol. The number of rotatable bonds is 2. The Kier molecular flexibility index (Phi) is 3.23. The van der Waals surface area contributed by atoms with E-state index in [1.165, 1.54) is 4.57 Å². The zero-order chi connectivity index (χ0) is 14.3. The molecular formula is C13H12N4OS2. The van der Waals surface area contributed by atoms with Crippen molar-refractivity contribution >= 4 is 33.8 Å². The van der Waals surface area contributed by atoms with Crippen LogP contribution in [0.2, 0.25) is 0 Å². The number of hydrogen-bond donors (Lipinski definition) is 1. The first-order chi connectivity index (χ1) is 9.58. The molecule has 0 unspecified atom stereocenters. The first-order valence-electron chi connectivity index (χ1n) is 6.07. The predicted octanol–water partition coefficient (Wildman–Crippen LogP) is 2.58. The summed E-state index contributed by atoms with van der Waals surface area (Å²) in [6.45, 7) is 4.29. The molecule has 0 saturated carbocycles. The summed E-state index contributed by atoms with van der Waals surface area (Å²) in [5, 5.41) is 8.53. The van der Waals surface area contributed by atoms with Crippen LogP contribution in [0.25, 0.3) is 10.2 Å². The fourth-order valence-electron chi connectivity index (χ4n) is 2.09. The van der Waals surface area contributed by atoms with Gasteiger partial charge in [0.1, 0.15) is 4.83 Å². The molecule has 20 heavy (non-hydrogen) atoms. The summed E-state index contributed by atoms with van der Waals surface area (Å²) in [6.07, 6.45) is 1.60. The van der Waals surface area contributed by atoms with Crippen molar-refractivity contribution in [3.63, 3.8) is 0 Å². The number of fused-ring (bicyclic) bond motifs is 1. The van der Waals surface area contributed by atoms with Gasteiger partial charge in [-0.05, 0) is 43.8 Å². The Bertz CT molecular complexity index is 892. The predicted molar refractivity (Wildman–Crippen MR) is 81.9 cm³/mol.